The molecule has 0 fully saturated rings. The minimum Gasteiger partial charge on any atom is -0.388 e. The van der Waals surface area contributed by atoms with E-state index in [2.05, 4.69) is 9.72 Å². The first-order valence-corrected chi connectivity index (χ1v) is 4.74. The van der Waals surface area contributed by atoms with Crippen molar-refractivity contribution in [3.8, 4) is 5.88 Å². The Bertz CT molecular complexity index is 450. The third kappa shape index (κ3) is 3.45. The van der Waals surface area contributed by atoms with Crippen LogP contribution in [-0.4, -0.2) is 16.3 Å². The quantitative estimate of drug-likeness (QED) is 0.481. The Morgan fingerprint density at radius 3 is 2.59 bits per heavy atom. The zero-order chi connectivity index (χ0) is 13.2. The number of rotatable bonds is 3. The van der Waals surface area contributed by atoms with Crippen molar-refractivity contribution in [2.45, 2.75) is 19.2 Å². The fraction of sp³-hybridized carbons (Fsp3) is 0.375. The summed E-state index contributed by atoms with van der Waals surface area (Å²) >= 11 is 5.38. The van der Waals surface area contributed by atoms with Gasteiger partial charge in [0, 0.05) is 11.6 Å². The second-order valence-electron chi connectivity index (χ2n) is 3.00. The lowest BCUT2D eigenvalue weighted by molar-refractivity contribution is -0.385. The first kappa shape index (κ1) is 13.5. The predicted octanol–water partition coefficient (Wildman–Crippen LogP) is 2.94. The van der Waals surface area contributed by atoms with Gasteiger partial charge in [0.15, 0.2) is 0 Å². The molecule has 0 amide bonds. The van der Waals surface area contributed by atoms with E-state index >= 15 is 0 Å². The lowest BCUT2D eigenvalue weighted by Crippen LogP contribution is -2.19. The highest BCUT2D eigenvalue weighted by Crippen LogP contribution is 2.30. The van der Waals surface area contributed by atoms with Crippen LogP contribution in [0.5, 0.6) is 5.88 Å². The molecule has 0 aliphatic heterocycles. The fourth-order valence-electron chi connectivity index (χ4n) is 1.09. The molecule has 1 aromatic rings. The normalized spacial score (nSPS) is 11.4. The number of aromatic nitrogens is 1. The largest absolute Gasteiger partial charge is 0.574 e. The molecule has 1 heterocycles. The second kappa shape index (κ2) is 4.74. The summed E-state index contributed by atoms with van der Waals surface area (Å²) < 4.78 is 39.6. The summed E-state index contributed by atoms with van der Waals surface area (Å²) in [4.78, 5) is 13.2. The molecule has 0 bridgehead atoms. The number of hydrogen-bond acceptors (Lipinski definition) is 4. The molecule has 9 heteroatoms. The topological polar surface area (TPSA) is 65.3 Å². The van der Waals surface area contributed by atoms with Crippen molar-refractivity contribution in [1.29, 1.82) is 0 Å². The first-order valence-electron chi connectivity index (χ1n) is 4.21. The van der Waals surface area contributed by atoms with Crippen LogP contribution in [0.25, 0.3) is 0 Å². The van der Waals surface area contributed by atoms with Crippen LogP contribution in [0.1, 0.15) is 11.3 Å². The number of aryl methyl sites for hydroxylation is 1. The number of alkyl halides is 4. The molecule has 0 saturated carbocycles. The van der Waals surface area contributed by atoms with Crippen molar-refractivity contribution in [2.24, 2.45) is 0 Å². The van der Waals surface area contributed by atoms with Gasteiger partial charge in [-0.15, -0.1) is 24.8 Å². The second-order valence-corrected chi connectivity index (χ2v) is 3.26. The van der Waals surface area contributed by atoms with E-state index in [4.69, 9.17) is 11.6 Å². The van der Waals surface area contributed by atoms with Crippen LogP contribution in [0.2, 0.25) is 0 Å². The third-order valence-electron chi connectivity index (χ3n) is 1.78. The molecule has 0 aliphatic carbocycles. The highest BCUT2D eigenvalue weighted by molar-refractivity contribution is 6.17. The van der Waals surface area contributed by atoms with Crippen LogP contribution >= 0.6 is 11.6 Å². The molecule has 94 valence electrons. The van der Waals surface area contributed by atoms with E-state index < -0.39 is 22.9 Å². The van der Waals surface area contributed by atoms with Gasteiger partial charge in [0.1, 0.15) is 5.69 Å². The van der Waals surface area contributed by atoms with Crippen LogP contribution in [-0.2, 0) is 5.88 Å². The first-order chi connectivity index (χ1) is 7.74. The van der Waals surface area contributed by atoms with Gasteiger partial charge in [-0.3, -0.25) is 10.1 Å². The van der Waals surface area contributed by atoms with E-state index in [1.807, 2.05) is 0 Å². The summed E-state index contributed by atoms with van der Waals surface area (Å²) in [6.45, 7) is 1.21. The maximum Gasteiger partial charge on any atom is 0.574 e. The van der Waals surface area contributed by atoms with Crippen LogP contribution in [0.3, 0.4) is 0 Å². The molecule has 0 N–H and O–H groups in total. The number of nitro groups is 1. The van der Waals surface area contributed by atoms with E-state index in [0.717, 1.165) is 6.07 Å². The lowest BCUT2D eigenvalue weighted by atomic mass is 10.2. The molecule has 1 rings (SSSR count). The van der Waals surface area contributed by atoms with Crippen molar-refractivity contribution in [1.82, 2.24) is 4.98 Å². The fourth-order valence-corrected chi connectivity index (χ4v) is 1.28. The number of pyridine rings is 1. The van der Waals surface area contributed by atoms with Crippen molar-refractivity contribution in [3.05, 3.63) is 27.4 Å². The highest BCUT2D eigenvalue weighted by Gasteiger charge is 2.33. The Morgan fingerprint density at radius 1 is 1.59 bits per heavy atom. The summed E-state index contributed by atoms with van der Waals surface area (Å²) in [6.07, 6.45) is -4.92. The Morgan fingerprint density at radius 2 is 2.18 bits per heavy atom. The zero-order valence-electron chi connectivity index (χ0n) is 8.42. The lowest BCUT2D eigenvalue weighted by Gasteiger charge is -2.11. The van der Waals surface area contributed by atoms with Crippen molar-refractivity contribution >= 4 is 17.3 Å². The van der Waals surface area contributed by atoms with Gasteiger partial charge in [0.05, 0.1) is 10.8 Å². The SMILES string of the molecule is Cc1nc(OC(F)(F)F)c(CCl)cc1[N+](=O)[O-]. The molecular formula is C8H6ClF3N2O3. The van der Waals surface area contributed by atoms with E-state index in [0.29, 0.717) is 0 Å². The van der Waals surface area contributed by atoms with Gasteiger partial charge in [-0.05, 0) is 6.92 Å². The van der Waals surface area contributed by atoms with Crippen LogP contribution in [0.15, 0.2) is 6.07 Å². The molecule has 0 radical (unpaired) electrons. The maximum absolute atomic E-state index is 12.0. The van der Waals surface area contributed by atoms with Crippen LogP contribution in [0.4, 0.5) is 18.9 Å². The summed E-state index contributed by atoms with van der Waals surface area (Å²) in [5.74, 6) is -1.14. The standard InChI is InChI=1S/C8H6ClF3N2O3/c1-4-6(14(15)16)2-5(3-9)7(13-4)17-8(10,11)12/h2H,3H2,1H3. The molecule has 0 aliphatic rings. The molecule has 5 nitrogen and oxygen atoms in total. The minimum absolute atomic E-state index is 0.178. The number of nitrogens with zero attached hydrogens (tertiary/aromatic N) is 2. The van der Waals surface area contributed by atoms with Crippen molar-refractivity contribution in [2.75, 3.05) is 0 Å². The van der Waals surface area contributed by atoms with Gasteiger partial charge < -0.3 is 4.74 Å². The van der Waals surface area contributed by atoms with Gasteiger partial charge in [0.2, 0.25) is 5.88 Å². The molecule has 0 atom stereocenters. The molecule has 0 saturated heterocycles. The summed E-state index contributed by atoms with van der Waals surface area (Å²) in [5.41, 5.74) is -0.778. The van der Waals surface area contributed by atoms with Gasteiger partial charge in [-0.25, -0.2) is 4.98 Å². The van der Waals surface area contributed by atoms with Gasteiger partial charge >= 0.3 is 6.36 Å². The summed E-state index contributed by atoms with van der Waals surface area (Å²) in [5, 5.41) is 10.5. The Hall–Kier alpha value is -1.57. The minimum atomic E-state index is -4.92. The van der Waals surface area contributed by atoms with Gasteiger partial charge in [-0.1, -0.05) is 0 Å². The average Bonchev–Trinajstić information content (AvgIpc) is 2.14. The Kier molecular flexibility index (Phi) is 3.76. The highest BCUT2D eigenvalue weighted by atomic mass is 35.5. The number of halogens is 4. The van der Waals surface area contributed by atoms with E-state index in [-0.39, 0.29) is 17.1 Å². The van der Waals surface area contributed by atoms with Crippen LogP contribution < -0.4 is 4.74 Å². The van der Waals surface area contributed by atoms with Gasteiger partial charge in [-0.2, -0.15) is 0 Å². The molecule has 1 aromatic heterocycles. The molecular weight excluding hydrogens is 265 g/mol. The predicted molar refractivity (Wildman–Crippen MR) is 51.9 cm³/mol. The Balaban J connectivity index is 3.24. The third-order valence-corrected chi connectivity index (χ3v) is 2.07. The van der Waals surface area contributed by atoms with E-state index in [9.17, 15) is 23.3 Å². The van der Waals surface area contributed by atoms with Crippen molar-refractivity contribution in [3.63, 3.8) is 0 Å². The zero-order valence-corrected chi connectivity index (χ0v) is 9.17. The maximum atomic E-state index is 12.0. The molecule has 0 unspecified atom stereocenters. The average molecular weight is 271 g/mol. The Labute approximate surface area is 98.3 Å². The number of hydrogen-bond donors (Lipinski definition) is 0. The van der Waals surface area contributed by atoms with Crippen LogP contribution in [0, 0.1) is 17.0 Å². The van der Waals surface area contributed by atoms with E-state index in [1.165, 1.54) is 6.92 Å². The summed E-state index contributed by atoms with van der Waals surface area (Å²) in [7, 11) is 0. The smallest absolute Gasteiger partial charge is 0.388 e. The van der Waals surface area contributed by atoms with Gasteiger partial charge in [0.25, 0.3) is 5.69 Å². The number of ether oxygens (including phenoxy) is 1. The molecule has 0 aromatic carbocycles. The molecule has 0 spiro atoms. The monoisotopic (exact) mass is 270 g/mol. The summed E-state index contributed by atoms with van der Waals surface area (Å²) in [6, 6.07) is 0.913. The molecule has 17 heavy (non-hydrogen) atoms. The van der Waals surface area contributed by atoms with E-state index in [1.54, 1.807) is 0 Å². The van der Waals surface area contributed by atoms with Crippen molar-refractivity contribution < 1.29 is 22.8 Å².